The molecule has 3 rings (SSSR count). The molecule has 0 fully saturated rings. The third-order valence-electron chi connectivity index (χ3n) is 3.74. The van der Waals surface area contributed by atoms with Gasteiger partial charge in [-0.05, 0) is 31.2 Å². The third-order valence-corrected chi connectivity index (χ3v) is 5.31. The summed E-state index contributed by atoms with van der Waals surface area (Å²) in [5.74, 6) is -1.60. The molecule has 0 radical (unpaired) electrons. The van der Waals surface area contributed by atoms with Crippen LogP contribution in [0.15, 0.2) is 47.9 Å². The van der Waals surface area contributed by atoms with Gasteiger partial charge in [0.25, 0.3) is 11.9 Å². The monoisotopic (exact) mass is 458 g/mol. The van der Waals surface area contributed by atoms with Crippen LogP contribution in [0.25, 0.3) is 5.95 Å². The highest BCUT2D eigenvalue weighted by Gasteiger charge is 2.31. The Hall–Kier alpha value is -2.86. The number of halogens is 4. The second kappa shape index (κ2) is 8.88. The van der Waals surface area contributed by atoms with Gasteiger partial charge in [0.2, 0.25) is 0 Å². The Labute approximate surface area is 176 Å². The molecule has 0 aliphatic carbocycles. The molecule has 0 saturated heterocycles. The number of nitrogens with zero attached hydrogens (tertiary/aromatic N) is 5. The fourth-order valence-corrected chi connectivity index (χ4v) is 3.78. The van der Waals surface area contributed by atoms with E-state index in [0.717, 1.165) is 12.1 Å². The van der Waals surface area contributed by atoms with Gasteiger partial charge in [0.1, 0.15) is 12.1 Å². The predicted octanol–water partition coefficient (Wildman–Crippen LogP) is 2.87. The van der Waals surface area contributed by atoms with Crippen LogP contribution in [0.2, 0.25) is 5.02 Å². The number of nitrogens with one attached hydrogen (secondary N) is 1. The van der Waals surface area contributed by atoms with Crippen molar-refractivity contribution in [2.24, 2.45) is 0 Å². The van der Waals surface area contributed by atoms with Gasteiger partial charge in [-0.3, -0.25) is 9.00 Å². The maximum atomic E-state index is 12.6. The summed E-state index contributed by atoms with van der Waals surface area (Å²) in [6, 6.07) is 4.48. The van der Waals surface area contributed by atoms with Gasteiger partial charge in [0, 0.05) is 27.9 Å². The summed E-state index contributed by atoms with van der Waals surface area (Å²) in [7, 11) is -2.39. The van der Waals surface area contributed by atoms with E-state index in [0.29, 0.717) is 5.82 Å². The Morgan fingerprint density at radius 3 is 2.60 bits per heavy atom. The molecule has 0 aliphatic heterocycles. The minimum Gasteiger partial charge on any atom is -0.342 e. The van der Waals surface area contributed by atoms with Crippen molar-refractivity contribution in [2.45, 2.75) is 24.0 Å². The van der Waals surface area contributed by atoms with E-state index in [1.807, 2.05) is 0 Å². The van der Waals surface area contributed by atoms with Crippen LogP contribution >= 0.6 is 11.6 Å². The lowest BCUT2D eigenvalue weighted by molar-refractivity contribution is -0.105. The summed E-state index contributed by atoms with van der Waals surface area (Å²) in [5, 5.41) is 6.67. The molecule has 1 aromatic carbocycles. The van der Waals surface area contributed by atoms with Crippen LogP contribution < -0.4 is 5.32 Å². The fourth-order valence-electron chi connectivity index (χ4n) is 2.50. The maximum Gasteiger partial charge on any atom is 0.400 e. The molecule has 30 heavy (non-hydrogen) atoms. The van der Waals surface area contributed by atoms with Gasteiger partial charge in [-0.15, -0.1) is 0 Å². The van der Waals surface area contributed by atoms with E-state index in [4.69, 9.17) is 11.6 Å². The SMILES string of the molecule is C[C@H](NC(=O)c1cc(Cl)cc(S(=O)CC(F)(F)F)c1)c1ncnn1-c1ncccn1. The number of carbonyl (C=O) groups excluding carboxylic acids is 1. The first-order valence-electron chi connectivity index (χ1n) is 8.38. The molecule has 1 N–H and O–H groups in total. The lowest BCUT2D eigenvalue weighted by Gasteiger charge is -2.15. The number of amides is 1. The Morgan fingerprint density at radius 2 is 1.93 bits per heavy atom. The molecule has 8 nitrogen and oxygen atoms in total. The molecule has 2 atom stereocenters. The highest BCUT2D eigenvalue weighted by atomic mass is 35.5. The molecule has 0 saturated carbocycles. The number of alkyl halides is 3. The van der Waals surface area contributed by atoms with E-state index in [1.165, 1.54) is 29.5 Å². The van der Waals surface area contributed by atoms with Crippen LogP contribution in [0.1, 0.15) is 29.1 Å². The smallest absolute Gasteiger partial charge is 0.342 e. The summed E-state index contributed by atoms with van der Waals surface area (Å²) in [6.45, 7) is 1.63. The van der Waals surface area contributed by atoms with Crippen LogP contribution in [-0.4, -0.2) is 46.8 Å². The first-order chi connectivity index (χ1) is 14.1. The molecular weight excluding hydrogens is 445 g/mol. The summed E-state index contributed by atoms with van der Waals surface area (Å²) in [4.78, 5) is 24.7. The molecule has 13 heteroatoms. The number of benzene rings is 1. The number of carbonyl (C=O) groups is 1. The molecule has 1 unspecified atom stereocenters. The molecule has 0 spiro atoms. The average molecular weight is 459 g/mol. The first-order valence-corrected chi connectivity index (χ1v) is 10.1. The normalized spacial score (nSPS) is 13.6. The Kier molecular flexibility index (Phi) is 6.46. The van der Waals surface area contributed by atoms with Gasteiger partial charge >= 0.3 is 6.18 Å². The van der Waals surface area contributed by atoms with Crippen molar-refractivity contribution in [3.8, 4) is 5.95 Å². The minimum atomic E-state index is -4.62. The Bertz CT molecular complexity index is 1080. The zero-order chi connectivity index (χ0) is 21.9. The second-order valence-corrected chi connectivity index (χ2v) is 7.94. The van der Waals surface area contributed by atoms with Gasteiger partial charge in [-0.25, -0.2) is 15.0 Å². The van der Waals surface area contributed by atoms with Crippen molar-refractivity contribution in [1.82, 2.24) is 30.0 Å². The molecular formula is C17H14ClF3N6O2S. The molecule has 3 aromatic rings. The molecule has 158 valence electrons. The summed E-state index contributed by atoms with van der Waals surface area (Å²) >= 11 is 5.91. The Balaban J connectivity index is 1.80. The topological polar surface area (TPSA) is 103 Å². The van der Waals surface area contributed by atoms with E-state index >= 15 is 0 Å². The lowest BCUT2D eigenvalue weighted by atomic mass is 10.2. The zero-order valence-corrected chi connectivity index (χ0v) is 16.9. The van der Waals surface area contributed by atoms with Crippen molar-refractivity contribution in [2.75, 3.05) is 5.75 Å². The number of hydrogen-bond acceptors (Lipinski definition) is 6. The number of aromatic nitrogens is 5. The maximum absolute atomic E-state index is 12.6. The van der Waals surface area contributed by atoms with Crippen molar-refractivity contribution >= 4 is 28.3 Å². The van der Waals surface area contributed by atoms with Crippen LogP contribution in [0.5, 0.6) is 0 Å². The molecule has 0 bridgehead atoms. The largest absolute Gasteiger partial charge is 0.400 e. The van der Waals surface area contributed by atoms with Gasteiger partial charge in [-0.1, -0.05) is 11.6 Å². The quantitative estimate of drug-likeness (QED) is 0.609. The van der Waals surface area contributed by atoms with Crippen molar-refractivity contribution in [3.63, 3.8) is 0 Å². The van der Waals surface area contributed by atoms with Crippen molar-refractivity contribution in [1.29, 1.82) is 0 Å². The van der Waals surface area contributed by atoms with E-state index in [9.17, 15) is 22.2 Å². The van der Waals surface area contributed by atoms with Crippen LogP contribution in [0.4, 0.5) is 13.2 Å². The van der Waals surface area contributed by atoms with Gasteiger partial charge in [-0.2, -0.15) is 23.0 Å². The molecule has 1 amide bonds. The summed E-state index contributed by atoms with van der Waals surface area (Å²) in [5.41, 5.74) is -0.0399. The Morgan fingerprint density at radius 1 is 1.23 bits per heavy atom. The lowest BCUT2D eigenvalue weighted by Crippen LogP contribution is -2.29. The fraction of sp³-hybridized carbons (Fsp3) is 0.235. The van der Waals surface area contributed by atoms with Gasteiger partial charge in [0.15, 0.2) is 5.82 Å². The molecule has 0 aliphatic rings. The van der Waals surface area contributed by atoms with E-state index in [-0.39, 0.29) is 21.4 Å². The summed E-state index contributed by atoms with van der Waals surface area (Å²) < 4.78 is 50.9. The van der Waals surface area contributed by atoms with Crippen LogP contribution in [0, 0.1) is 0 Å². The molecule has 2 aromatic heterocycles. The van der Waals surface area contributed by atoms with E-state index < -0.39 is 34.7 Å². The van der Waals surface area contributed by atoms with Crippen LogP contribution in [0.3, 0.4) is 0 Å². The highest BCUT2D eigenvalue weighted by Crippen LogP contribution is 2.23. The van der Waals surface area contributed by atoms with Crippen molar-refractivity contribution < 1.29 is 22.2 Å². The van der Waals surface area contributed by atoms with E-state index in [1.54, 1.807) is 13.0 Å². The highest BCUT2D eigenvalue weighted by molar-refractivity contribution is 7.85. The van der Waals surface area contributed by atoms with Crippen molar-refractivity contribution in [3.05, 3.63) is 59.4 Å². The second-order valence-electron chi connectivity index (χ2n) is 6.05. The van der Waals surface area contributed by atoms with Gasteiger partial charge < -0.3 is 5.32 Å². The zero-order valence-electron chi connectivity index (χ0n) is 15.3. The number of hydrogen-bond donors (Lipinski definition) is 1. The standard InChI is InChI=1S/C17H14ClF3N6O2S/c1-10(14-24-9-25-27(14)16-22-3-2-4-23-16)26-15(28)11-5-12(18)7-13(6-11)30(29)8-17(19,20)21/h2-7,9-10H,8H2,1H3,(H,26,28)/t10-,30?/m0/s1. The summed E-state index contributed by atoms with van der Waals surface area (Å²) in [6.07, 6.45) is -0.308. The number of rotatable bonds is 6. The van der Waals surface area contributed by atoms with E-state index in [2.05, 4.69) is 25.4 Å². The van der Waals surface area contributed by atoms with Crippen LogP contribution in [-0.2, 0) is 10.8 Å². The predicted molar refractivity (Wildman–Crippen MR) is 102 cm³/mol. The minimum absolute atomic E-state index is 0.0123. The first kappa shape index (κ1) is 21.8. The molecule has 2 heterocycles. The third kappa shape index (κ3) is 5.39. The van der Waals surface area contributed by atoms with Gasteiger partial charge in [0.05, 0.1) is 16.8 Å². The average Bonchev–Trinajstić information content (AvgIpc) is 3.17.